The predicted molar refractivity (Wildman–Crippen MR) is 92.4 cm³/mol. The Balaban J connectivity index is 1.85. The van der Waals surface area contributed by atoms with Gasteiger partial charge in [-0.2, -0.15) is 4.98 Å². The summed E-state index contributed by atoms with van der Waals surface area (Å²) in [4.78, 5) is 12.9. The number of aromatic nitrogens is 5. The molecular weight excluding hydrogens is 326 g/mol. The molecule has 0 aliphatic carbocycles. The lowest BCUT2D eigenvalue weighted by Gasteiger charge is -2.01. The van der Waals surface area contributed by atoms with Crippen LogP contribution in [0.5, 0.6) is 0 Å². The molecule has 0 N–H and O–H groups in total. The first-order valence-electron chi connectivity index (χ1n) is 7.35. The largest absolute Gasteiger partial charge is 0.337 e. The highest BCUT2D eigenvalue weighted by Crippen LogP contribution is 2.20. The zero-order valence-corrected chi connectivity index (χ0v) is 14.2. The van der Waals surface area contributed by atoms with Gasteiger partial charge in [-0.15, -0.1) is 0 Å². The number of aryl methyl sites for hydroxylation is 1. The van der Waals surface area contributed by atoms with E-state index in [0.29, 0.717) is 34.6 Å². The van der Waals surface area contributed by atoms with E-state index in [-0.39, 0.29) is 0 Å². The quantitative estimate of drug-likeness (QED) is 0.522. The van der Waals surface area contributed by atoms with Crippen molar-refractivity contribution < 1.29 is 4.52 Å². The molecule has 3 aromatic rings. The van der Waals surface area contributed by atoms with Crippen molar-refractivity contribution in [1.82, 2.24) is 24.7 Å². The molecule has 6 nitrogen and oxygen atoms in total. The number of imidazole rings is 1. The molecule has 3 rings (SSSR count). The maximum absolute atomic E-state index is 5.92. The van der Waals surface area contributed by atoms with Crippen molar-refractivity contribution in [2.75, 3.05) is 0 Å². The molecule has 0 fully saturated rings. The van der Waals surface area contributed by atoms with Crippen LogP contribution < -0.4 is 0 Å². The fourth-order valence-electron chi connectivity index (χ4n) is 2.24. The minimum Gasteiger partial charge on any atom is -0.337 e. The molecule has 0 unspecified atom stereocenters. The second-order valence-corrected chi connectivity index (χ2v) is 5.65. The van der Waals surface area contributed by atoms with Gasteiger partial charge in [-0.25, -0.2) is 9.97 Å². The number of hydrogen-bond donors (Lipinski definition) is 0. The molecule has 0 amide bonds. The minimum atomic E-state index is 0.366. The van der Waals surface area contributed by atoms with E-state index in [1.54, 1.807) is 6.20 Å². The van der Waals surface area contributed by atoms with Crippen LogP contribution in [-0.2, 0) is 13.5 Å². The Morgan fingerprint density at radius 3 is 3.00 bits per heavy atom. The third-order valence-electron chi connectivity index (χ3n) is 3.43. The molecule has 0 saturated carbocycles. The van der Waals surface area contributed by atoms with E-state index >= 15 is 0 Å². The normalized spacial score (nSPS) is 11.3. The molecule has 0 saturated heterocycles. The molecular formula is C17H16ClN5O. The third-order valence-corrected chi connectivity index (χ3v) is 3.63. The summed E-state index contributed by atoms with van der Waals surface area (Å²) in [5, 5.41) is 4.40. The molecule has 0 spiro atoms. The van der Waals surface area contributed by atoms with Gasteiger partial charge in [0.25, 0.3) is 5.89 Å². The summed E-state index contributed by atoms with van der Waals surface area (Å²) in [5.41, 5.74) is 2.35. The van der Waals surface area contributed by atoms with Crippen molar-refractivity contribution in [2.45, 2.75) is 13.3 Å². The van der Waals surface area contributed by atoms with Crippen LogP contribution in [0.2, 0.25) is 5.15 Å². The molecule has 0 aromatic carbocycles. The van der Waals surface area contributed by atoms with E-state index in [4.69, 9.17) is 16.1 Å². The van der Waals surface area contributed by atoms with E-state index in [2.05, 4.69) is 26.7 Å². The van der Waals surface area contributed by atoms with Gasteiger partial charge in [-0.1, -0.05) is 35.5 Å². The molecule has 0 aliphatic heterocycles. The first-order valence-corrected chi connectivity index (χ1v) is 7.73. The zero-order valence-electron chi connectivity index (χ0n) is 13.4. The molecule has 7 heteroatoms. The fraction of sp³-hybridized carbons (Fsp3) is 0.176. The fourth-order valence-corrected chi connectivity index (χ4v) is 2.44. The van der Waals surface area contributed by atoms with Crippen LogP contribution in [0.1, 0.15) is 24.1 Å². The summed E-state index contributed by atoms with van der Waals surface area (Å²) < 4.78 is 7.22. The van der Waals surface area contributed by atoms with E-state index < -0.39 is 0 Å². The standard InChI is InChI=1S/C17H16ClN5O/c1-4-5-11(2)16-21-17(24-22-16)13-10-23(3)15(20-13)9-12-6-7-19-14(18)8-12/h4-8,10H,2,9H2,1,3H3. The third kappa shape index (κ3) is 3.44. The highest BCUT2D eigenvalue weighted by molar-refractivity contribution is 6.29. The van der Waals surface area contributed by atoms with Gasteiger partial charge in [-0.3, -0.25) is 0 Å². The van der Waals surface area contributed by atoms with E-state index in [1.807, 2.05) is 49.0 Å². The van der Waals surface area contributed by atoms with Gasteiger partial charge < -0.3 is 9.09 Å². The Morgan fingerprint density at radius 1 is 1.42 bits per heavy atom. The average Bonchev–Trinajstić information content (AvgIpc) is 3.15. The van der Waals surface area contributed by atoms with Crippen LogP contribution in [0.3, 0.4) is 0 Å². The Morgan fingerprint density at radius 2 is 2.25 bits per heavy atom. The van der Waals surface area contributed by atoms with Crippen molar-refractivity contribution in [3.8, 4) is 11.6 Å². The molecule has 0 atom stereocenters. The number of rotatable bonds is 5. The summed E-state index contributed by atoms with van der Waals surface area (Å²) in [6.45, 7) is 5.80. The lowest BCUT2D eigenvalue weighted by Crippen LogP contribution is -1.98. The number of hydrogen-bond acceptors (Lipinski definition) is 5. The molecule has 0 radical (unpaired) electrons. The smallest absolute Gasteiger partial charge is 0.278 e. The van der Waals surface area contributed by atoms with Crippen LogP contribution in [0, 0.1) is 0 Å². The predicted octanol–water partition coefficient (Wildman–Crippen LogP) is 3.70. The summed E-state index contributed by atoms with van der Waals surface area (Å²) in [7, 11) is 1.92. The topological polar surface area (TPSA) is 69.6 Å². The second kappa shape index (κ2) is 6.80. The Labute approximate surface area is 144 Å². The zero-order chi connectivity index (χ0) is 17.1. The monoisotopic (exact) mass is 341 g/mol. The van der Waals surface area contributed by atoms with Crippen molar-refractivity contribution >= 4 is 17.2 Å². The van der Waals surface area contributed by atoms with Crippen LogP contribution in [0.4, 0.5) is 0 Å². The second-order valence-electron chi connectivity index (χ2n) is 5.27. The van der Waals surface area contributed by atoms with Crippen LogP contribution in [-0.4, -0.2) is 24.7 Å². The Kier molecular flexibility index (Phi) is 4.57. The Bertz CT molecular complexity index is 909. The van der Waals surface area contributed by atoms with E-state index in [1.165, 1.54) is 0 Å². The molecule has 0 aliphatic rings. The number of allylic oxidation sites excluding steroid dienone is 3. The Hall–Kier alpha value is -2.73. The van der Waals surface area contributed by atoms with Crippen molar-refractivity contribution in [2.24, 2.45) is 7.05 Å². The van der Waals surface area contributed by atoms with Gasteiger partial charge in [0.15, 0.2) is 0 Å². The van der Waals surface area contributed by atoms with Gasteiger partial charge in [0.2, 0.25) is 5.82 Å². The van der Waals surface area contributed by atoms with E-state index in [9.17, 15) is 0 Å². The van der Waals surface area contributed by atoms with Gasteiger partial charge in [0, 0.05) is 31.4 Å². The van der Waals surface area contributed by atoms with Crippen molar-refractivity contribution in [3.63, 3.8) is 0 Å². The maximum Gasteiger partial charge on any atom is 0.278 e. The van der Waals surface area contributed by atoms with Gasteiger partial charge in [0.05, 0.1) is 0 Å². The average molecular weight is 342 g/mol. The van der Waals surface area contributed by atoms with Crippen LogP contribution in [0.25, 0.3) is 17.2 Å². The molecule has 3 aromatic heterocycles. The number of halogens is 1. The minimum absolute atomic E-state index is 0.366. The van der Waals surface area contributed by atoms with E-state index in [0.717, 1.165) is 11.4 Å². The first kappa shape index (κ1) is 16.1. The van der Waals surface area contributed by atoms with Crippen molar-refractivity contribution in [1.29, 1.82) is 0 Å². The number of pyridine rings is 1. The summed E-state index contributed by atoms with van der Waals surface area (Å²) in [6, 6.07) is 3.73. The molecule has 24 heavy (non-hydrogen) atoms. The summed E-state index contributed by atoms with van der Waals surface area (Å²) in [5.74, 6) is 1.68. The summed E-state index contributed by atoms with van der Waals surface area (Å²) >= 11 is 5.92. The maximum atomic E-state index is 5.92. The van der Waals surface area contributed by atoms with Gasteiger partial charge >= 0.3 is 0 Å². The molecule has 0 bridgehead atoms. The SMILES string of the molecule is C=C(C=CC)c1noc(-c2cn(C)c(Cc3ccnc(Cl)c3)n2)n1. The lowest BCUT2D eigenvalue weighted by molar-refractivity contribution is 0.427. The van der Waals surface area contributed by atoms with Gasteiger partial charge in [-0.05, 0) is 24.6 Å². The highest BCUT2D eigenvalue weighted by atomic mass is 35.5. The van der Waals surface area contributed by atoms with Crippen LogP contribution >= 0.6 is 11.6 Å². The first-order chi connectivity index (χ1) is 11.6. The van der Waals surface area contributed by atoms with Crippen molar-refractivity contribution in [3.05, 3.63) is 65.6 Å². The van der Waals surface area contributed by atoms with Crippen LogP contribution in [0.15, 0.2) is 47.8 Å². The molecule has 3 heterocycles. The van der Waals surface area contributed by atoms with Gasteiger partial charge in [0.1, 0.15) is 16.7 Å². The lowest BCUT2D eigenvalue weighted by atomic mass is 10.2. The highest BCUT2D eigenvalue weighted by Gasteiger charge is 2.15. The summed E-state index contributed by atoms with van der Waals surface area (Å²) in [6.07, 6.45) is 7.86. The number of nitrogens with zero attached hydrogens (tertiary/aromatic N) is 5. The molecule has 122 valence electrons.